The predicted molar refractivity (Wildman–Crippen MR) is 111 cm³/mol. The van der Waals surface area contributed by atoms with Crippen LogP contribution in [0, 0.1) is 17.1 Å². The van der Waals surface area contributed by atoms with Crippen LogP contribution < -0.4 is 9.47 Å². The molecule has 0 unspecified atom stereocenters. The molecule has 0 spiro atoms. The molecule has 0 fully saturated rings. The molecular weight excluding hydrogens is 387 g/mol. The van der Waals surface area contributed by atoms with Gasteiger partial charge in [-0.15, -0.1) is 0 Å². The van der Waals surface area contributed by atoms with Gasteiger partial charge in [0, 0.05) is 14.1 Å². The number of hydrogen-bond donors (Lipinski definition) is 0. The number of ether oxygens (including phenoxy) is 2. The molecule has 0 bridgehead atoms. The number of rotatable bonds is 8. The molecule has 0 aromatic heterocycles. The highest BCUT2D eigenvalue weighted by atomic mass is 19.1. The molecule has 0 aliphatic rings. The van der Waals surface area contributed by atoms with E-state index in [4.69, 9.17) is 9.47 Å². The van der Waals surface area contributed by atoms with Crippen LogP contribution >= 0.6 is 0 Å². The van der Waals surface area contributed by atoms with Crippen LogP contribution in [-0.2, 0) is 4.79 Å². The number of Topliss-reactive ketones (excluding diaryl/α,β-unsaturated/α-hetero) is 1. The van der Waals surface area contributed by atoms with Gasteiger partial charge in [0.15, 0.2) is 17.6 Å². The van der Waals surface area contributed by atoms with E-state index in [9.17, 15) is 19.2 Å². The van der Waals surface area contributed by atoms with Gasteiger partial charge in [-0.3, -0.25) is 9.59 Å². The largest absolute Gasteiger partial charge is 0.490 e. The first-order valence-electron chi connectivity index (χ1n) is 9.34. The Kier molecular flexibility index (Phi) is 7.70. The van der Waals surface area contributed by atoms with Gasteiger partial charge in [-0.1, -0.05) is 18.2 Å². The molecule has 0 saturated heterocycles. The van der Waals surface area contributed by atoms with Crippen molar-refractivity contribution >= 4 is 17.8 Å². The first-order chi connectivity index (χ1) is 14.3. The summed E-state index contributed by atoms with van der Waals surface area (Å²) >= 11 is 0. The van der Waals surface area contributed by atoms with E-state index in [0.717, 1.165) is 6.07 Å². The van der Waals surface area contributed by atoms with Gasteiger partial charge in [0.1, 0.15) is 17.5 Å². The Hall–Kier alpha value is -3.66. The number of nitriles is 1. The zero-order valence-electron chi connectivity index (χ0n) is 17.3. The number of hydrogen-bond acceptors (Lipinski definition) is 5. The highest BCUT2D eigenvalue weighted by molar-refractivity contribution is 6.14. The fraction of sp³-hybridized carbons (Fsp3) is 0.261. The standard InChI is InChI=1S/C23H23FN2O4/c1-5-29-21-13-16(10-11-20(21)30-15(2)23(28)26(3)4)12-17(14-25)22(27)18-8-6-7-9-19(18)24/h6-13,15H,5H2,1-4H3/b17-12+/t15-/m0/s1. The van der Waals surface area contributed by atoms with Gasteiger partial charge in [0.2, 0.25) is 5.78 Å². The van der Waals surface area contributed by atoms with Gasteiger partial charge in [0.05, 0.1) is 12.2 Å². The molecular formula is C23H23FN2O4. The van der Waals surface area contributed by atoms with Crippen LogP contribution in [0.25, 0.3) is 6.08 Å². The van der Waals surface area contributed by atoms with Crippen LogP contribution in [0.5, 0.6) is 11.5 Å². The summed E-state index contributed by atoms with van der Waals surface area (Å²) in [6.07, 6.45) is 0.632. The molecule has 0 saturated carbocycles. The van der Waals surface area contributed by atoms with Crippen molar-refractivity contribution in [1.29, 1.82) is 5.26 Å². The predicted octanol–water partition coefficient (Wildman–Crippen LogP) is 3.87. The van der Waals surface area contributed by atoms with Crippen molar-refractivity contribution in [2.45, 2.75) is 20.0 Å². The highest BCUT2D eigenvalue weighted by Gasteiger charge is 2.20. The van der Waals surface area contributed by atoms with Crippen molar-refractivity contribution in [2.75, 3.05) is 20.7 Å². The van der Waals surface area contributed by atoms with Crippen LogP contribution in [0.15, 0.2) is 48.0 Å². The zero-order valence-corrected chi connectivity index (χ0v) is 17.3. The lowest BCUT2D eigenvalue weighted by atomic mass is 10.0. The lowest BCUT2D eigenvalue weighted by Gasteiger charge is -2.20. The van der Waals surface area contributed by atoms with Crippen LogP contribution in [0.4, 0.5) is 4.39 Å². The smallest absolute Gasteiger partial charge is 0.262 e. The van der Waals surface area contributed by atoms with Crippen molar-refractivity contribution < 1.29 is 23.5 Å². The van der Waals surface area contributed by atoms with E-state index in [1.807, 2.05) is 6.07 Å². The number of carbonyl (C=O) groups is 2. The molecule has 0 aliphatic heterocycles. The van der Waals surface area contributed by atoms with Crippen molar-refractivity contribution in [3.05, 3.63) is 65.0 Å². The Morgan fingerprint density at radius 2 is 1.90 bits per heavy atom. The quantitative estimate of drug-likeness (QED) is 0.375. The van der Waals surface area contributed by atoms with Crippen LogP contribution in [-0.4, -0.2) is 43.4 Å². The number of benzene rings is 2. The second-order valence-corrected chi connectivity index (χ2v) is 6.61. The van der Waals surface area contributed by atoms with Crippen LogP contribution in [0.3, 0.4) is 0 Å². The third-order valence-corrected chi connectivity index (χ3v) is 4.15. The van der Waals surface area contributed by atoms with Crippen molar-refractivity contribution in [3.63, 3.8) is 0 Å². The number of halogens is 1. The summed E-state index contributed by atoms with van der Waals surface area (Å²) in [5.74, 6) is -0.888. The average Bonchev–Trinajstić information content (AvgIpc) is 2.73. The maximum Gasteiger partial charge on any atom is 0.262 e. The zero-order chi connectivity index (χ0) is 22.3. The molecule has 1 amide bonds. The Bertz CT molecular complexity index is 1010. The van der Waals surface area contributed by atoms with E-state index < -0.39 is 17.7 Å². The molecule has 0 radical (unpaired) electrons. The average molecular weight is 410 g/mol. The second kappa shape index (κ2) is 10.2. The van der Waals surface area contributed by atoms with Gasteiger partial charge in [-0.05, 0) is 49.8 Å². The minimum absolute atomic E-state index is 0.175. The molecule has 1 atom stereocenters. The topological polar surface area (TPSA) is 79.6 Å². The molecule has 2 aromatic carbocycles. The number of carbonyl (C=O) groups excluding carboxylic acids is 2. The van der Waals surface area contributed by atoms with E-state index in [2.05, 4.69) is 0 Å². The number of likely N-dealkylation sites (N-methyl/N-ethyl adjacent to an activating group) is 1. The summed E-state index contributed by atoms with van der Waals surface area (Å²) in [6, 6.07) is 12.1. The van der Waals surface area contributed by atoms with Gasteiger partial charge >= 0.3 is 0 Å². The van der Waals surface area contributed by atoms with Gasteiger partial charge < -0.3 is 14.4 Å². The fourth-order valence-electron chi connectivity index (χ4n) is 2.69. The van der Waals surface area contributed by atoms with Gasteiger partial charge in [-0.2, -0.15) is 5.26 Å². The minimum atomic E-state index is -0.724. The van der Waals surface area contributed by atoms with Crippen molar-refractivity contribution in [3.8, 4) is 17.6 Å². The van der Waals surface area contributed by atoms with E-state index in [-0.39, 0.29) is 17.0 Å². The molecule has 7 heteroatoms. The van der Waals surface area contributed by atoms with E-state index in [1.54, 1.807) is 46.1 Å². The normalized spacial score (nSPS) is 11.9. The molecule has 0 aliphatic carbocycles. The summed E-state index contributed by atoms with van der Waals surface area (Å²) in [5.41, 5.74) is 0.109. The molecule has 30 heavy (non-hydrogen) atoms. The van der Waals surface area contributed by atoms with E-state index >= 15 is 0 Å². The molecule has 156 valence electrons. The minimum Gasteiger partial charge on any atom is -0.490 e. The Labute approximate surface area is 175 Å². The summed E-state index contributed by atoms with van der Waals surface area (Å²) in [5, 5.41) is 9.41. The monoisotopic (exact) mass is 410 g/mol. The third kappa shape index (κ3) is 5.45. The third-order valence-electron chi connectivity index (χ3n) is 4.15. The summed E-state index contributed by atoms with van der Waals surface area (Å²) in [4.78, 5) is 26.0. The van der Waals surface area contributed by atoms with Crippen LogP contribution in [0.1, 0.15) is 29.8 Å². The van der Waals surface area contributed by atoms with E-state index in [0.29, 0.717) is 23.7 Å². The van der Waals surface area contributed by atoms with E-state index in [1.165, 1.54) is 29.2 Å². The Balaban J connectivity index is 2.36. The van der Waals surface area contributed by atoms with Gasteiger partial charge in [-0.25, -0.2) is 4.39 Å². The number of ketones is 1. The van der Waals surface area contributed by atoms with Crippen molar-refractivity contribution in [2.24, 2.45) is 0 Å². The fourth-order valence-corrected chi connectivity index (χ4v) is 2.69. The highest BCUT2D eigenvalue weighted by Crippen LogP contribution is 2.30. The first kappa shape index (κ1) is 22.6. The summed E-state index contributed by atoms with van der Waals surface area (Å²) in [7, 11) is 3.27. The second-order valence-electron chi connectivity index (χ2n) is 6.61. The maximum absolute atomic E-state index is 13.9. The lowest BCUT2D eigenvalue weighted by Crippen LogP contribution is -2.35. The molecule has 0 heterocycles. The Morgan fingerprint density at radius 1 is 1.20 bits per heavy atom. The maximum atomic E-state index is 13.9. The molecule has 0 N–H and O–H groups in total. The SMILES string of the molecule is CCOc1cc(/C=C(\C#N)C(=O)c2ccccc2F)ccc1O[C@@H](C)C(=O)N(C)C. The van der Waals surface area contributed by atoms with Crippen LogP contribution in [0.2, 0.25) is 0 Å². The van der Waals surface area contributed by atoms with Crippen molar-refractivity contribution in [1.82, 2.24) is 4.90 Å². The number of amides is 1. The summed E-state index contributed by atoms with van der Waals surface area (Å²) < 4.78 is 25.2. The molecule has 2 rings (SSSR count). The lowest BCUT2D eigenvalue weighted by molar-refractivity contribution is -0.135. The molecule has 6 nitrogen and oxygen atoms in total. The molecule has 2 aromatic rings. The Morgan fingerprint density at radius 3 is 2.50 bits per heavy atom. The number of nitrogens with zero attached hydrogens (tertiary/aromatic N) is 2. The first-order valence-corrected chi connectivity index (χ1v) is 9.34. The summed E-state index contributed by atoms with van der Waals surface area (Å²) in [6.45, 7) is 3.77. The number of allylic oxidation sites excluding steroid dienone is 1. The van der Waals surface area contributed by atoms with Gasteiger partial charge in [0.25, 0.3) is 5.91 Å².